The van der Waals surface area contributed by atoms with Crippen molar-refractivity contribution in [1.29, 1.82) is 0 Å². The van der Waals surface area contributed by atoms with Crippen molar-refractivity contribution in [3.05, 3.63) is 0 Å². The first kappa shape index (κ1) is 17.0. The molecule has 0 saturated carbocycles. The molecule has 0 aromatic heterocycles. The Balaban J connectivity index is 2.85. The van der Waals surface area contributed by atoms with Crippen molar-refractivity contribution in [2.75, 3.05) is 0 Å². The standard InChI is InChI=1S/C16H30N2O2/c1-7-8-9-10-11(2)18-12(3)14(19)17-13(15(18)20)16(4,5)6/h11-13H,7-10H2,1-6H3,(H,17,19). The number of unbranched alkanes of at least 4 members (excludes halogenated alkanes) is 2. The first-order chi connectivity index (χ1) is 9.20. The van der Waals surface area contributed by atoms with Crippen LogP contribution in [0.25, 0.3) is 0 Å². The zero-order valence-electron chi connectivity index (χ0n) is 13.8. The van der Waals surface area contributed by atoms with Crippen molar-refractivity contribution in [2.45, 2.75) is 85.4 Å². The van der Waals surface area contributed by atoms with Gasteiger partial charge in [0.05, 0.1) is 0 Å². The Morgan fingerprint density at radius 2 is 1.85 bits per heavy atom. The van der Waals surface area contributed by atoms with E-state index >= 15 is 0 Å². The largest absolute Gasteiger partial charge is 0.342 e. The molecule has 4 heteroatoms. The highest BCUT2D eigenvalue weighted by Gasteiger charge is 2.44. The summed E-state index contributed by atoms with van der Waals surface area (Å²) < 4.78 is 0. The Morgan fingerprint density at radius 3 is 2.35 bits per heavy atom. The van der Waals surface area contributed by atoms with Crippen LogP contribution in [-0.4, -0.2) is 34.8 Å². The van der Waals surface area contributed by atoms with Gasteiger partial charge in [-0.3, -0.25) is 9.59 Å². The van der Waals surface area contributed by atoms with Gasteiger partial charge in [0.1, 0.15) is 12.1 Å². The van der Waals surface area contributed by atoms with Gasteiger partial charge in [-0.15, -0.1) is 0 Å². The first-order valence-corrected chi connectivity index (χ1v) is 7.82. The molecule has 1 aliphatic rings. The second-order valence-electron chi connectivity index (χ2n) is 7.07. The van der Waals surface area contributed by atoms with Gasteiger partial charge in [-0.2, -0.15) is 0 Å². The smallest absolute Gasteiger partial charge is 0.246 e. The summed E-state index contributed by atoms with van der Waals surface area (Å²) in [6.07, 6.45) is 4.42. The van der Waals surface area contributed by atoms with Crippen LogP contribution in [0.1, 0.15) is 67.2 Å². The van der Waals surface area contributed by atoms with E-state index in [-0.39, 0.29) is 29.3 Å². The van der Waals surface area contributed by atoms with Crippen LogP contribution in [0.3, 0.4) is 0 Å². The minimum atomic E-state index is -0.417. The molecule has 0 aromatic rings. The molecule has 0 bridgehead atoms. The van der Waals surface area contributed by atoms with E-state index in [1.165, 1.54) is 12.8 Å². The maximum Gasteiger partial charge on any atom is 0.246 e. The molecule has 1 N–H and O–H groups in total. The van der Waals surface area contributed by atoms with Crippen molar-refractivity contribution in [3.63, 3.8) is 0 Å². The Hall–Kier alpha value is -1.06. The van der Waals surface area contributed by atoms with Crippen LogP contribution >= 0.6 is 0 Å². The Labute approximate surface area is 123 Å². The molecule has 2 amide bonds. The molecule has 0 aliphatic carbocycles. The Bertz CT molecular complexity index is 360. The van der Waals surface area contributed by atoms with E-state index in [4.69, 9.17) is 0 Å². The van der Waals surface area contributed by atoms with Crippen LogP contribution in [0.15, 0.2) is 0 Å². The summed E-state index contributed by atoms with van der Waals surface area (Å²) in [5, 5.41) is 2.88. The van der Waals surface area contributed by atoms with Gasteiger partial charge < -0.3 is 10.2 Å². The zero-order chi connectivity index (χ0) is 15.5. The fourth-order valence-electron chi connectivity index (χ4n) is 2.81. The molecule has 1 rings (SSSR count). The first-order valence-electron chi connectivity index (χ1n) is 7.82. The molecule has 3 atom stereocenters. The normalized spacial score (nSPS) is 25.6. The van der Waals surface area contributed by atoms with Crippen LogP contribution in [0.4, 0.5) is 0 Å². The van der Waals surface area contributed by atoms with Crippen molar-refractivity contribution in [3.8, 4) is 0 Å². The van der Waals surface area contributed by atoms with Crippen molar-refractivity contribution in [1.82, 2.24) is 10.2 Å². The third-order valence-electron chi connectivity index (χ3n) is 4.15. The van der Waals surface area contributed by atoms with E-state index < -0.39 is 6.04 Å². The summed E-state index contributed by atoms with van der Waals surface area (Å²) in [7, 11) is 0. The fraction of sp³-hybridized carbons (Fsp3) is 0.875. The lowest BCUT2D eigenvalue weighted by atomic mass is 9.83. The van der Waals surface area contributed by atoms with E-state index in [0.717, 1.165) is 12.8 Å². The predicted octanol–water partition coefficient (Wildman–Crippen LogP) is 2.72. The van der Waals surface area contributed by atoms with Crippen LogP contribution in [0.5, 0.6) is 0 Å². The molecule has 0 aromatic carbocycles. The zero-order valence-corrected chi connectivity index (χ0v) is 13.8. The number of rotatable bonds is 5. The lowest BCUT2D eigenvalue weighted by Crippen LogP contribution is -2.67. The lowest BCUT2D eigenvalue weighted by Gasteiger charge is -2.44. The average Bonchev–Trinajstić information content (AvgIpc) is 2.33. The van der Waals surface area contributed by atoms with Gasteiger partial charge in [0.15, 0.2) is 0 Å². The SMILES string of the molecule is CCCCCC(C)N1C(=O)C(C(C)(C)C)NC(=O)C1C. The molecule has 1 aliphatic heterocycles. The van der Waals surface area contributed by atoms with E-state index in [1.807, 2.05) is 27.7 Å². The summed E-state index contributed by atoms with van der Waals surface area (Å²) in [4.78, 5) is 26.6. The number of hydrogen-bond donors (Lipinski definition) is 1. The third kappa shape index (κ3) is 3.74. The average molecular weight is 282 g/mol. The monoisotopic (exact) mass is 282 g/mol. The maximum atomic E-state index is 12.7. The second kappa shape index (κ2) is 6.59. The summed E-state index contributed by atoms with van der Waals surface area (Å²) in [6.45, 7) is 12.0. The molecule has 1 saturated heterocycles. The van der Waals surface area contributed by atoms with E-state index in [2.05, 4.69) is 19.2 Å². The van der Waals surface area contributed by atoms with Crippen molar-refractivity contribution in [2.24, 2.45) is 5.41 Å². The lowest BCUT2D eigenvalue weighted by molar-refractivity contribution is -0.154. The van der Waals surface area contributed by atoms with Gasteiger partial charge in [0.2, 0.25) is 11.8 Å². The highest BCUT2D eigenvalue weighted by Crippen LogP contribution is 2.27. The van der Waals surface area contributed by atoms with E-state index in [9.17, 15) is 9.59 Å². The van der Waals surface area contributed by atoms with Crippen LogP contribution < -0.4 is 5.32 Å². The molecule has 3 unspecified atom stereocenters. The highest BCUT2D eigenvalue weighted by molar-refractivity contribution is 5.97. The van der Waals surface area contributed by atoms with Crippen LogP contribution in [-0.2, 0) is 9.59 Å². The molecule has 1 fully saturated rings. The molecule has 4 nitrogen and oxygen atoms in total. The highest BCUT2D eigenvalue weighted by atomic mass is 16.2. The molecule has 20 heavy (non-hydrogen) atoms. The number of nitrogens with one attached hydrogen (secondary N) is 1. The molecular weight excluding hydrogens is 252 g/mol. The molecule has 0 radical (unpaired) electrons. The molecule has 0 spiro atoms. The van der Waals surface area contributed by atoms with Gasteiger partial charge in [0.25, 0.3) is 0 Å². The minimum absolute atomic E-state index is 0.0353. The minimum Gasteiger partial charge on any atom is -0.342 e. The number of carbonyl (C=O) groups is 2. The number of hydrogen-bond acceptors (Lipinski definition) is 2. The maximum absolute atomic E-state index is 12.7. The van der Waals surface area contributed by atoms with Gasteiger partial charge in [-0.1, -0.05) is 47.0 Å². The number of amides is 2. The molecular formula is C16H30N2O2. The van der Waals surface area contributed by atoms with Crippen LogP contribution in [0, 0.1) is 5.41 Å². The molecule has 1 heterocycles. The number of carbonyl (C=O) groups excluding carboxylic acids is 2. The predicted molar refractivity (Wildman–Crippen MR) is 81.3 cm³/mol. The van der Waals surface area contributed by atoms with Gasteiger partial charge in [-0.25, -0.2) is 0 Å². The van der Waals surface area contributed by atoms with Crippen LogP contribution in [0.2, 0.25) is 0 Å². The fourth-order valence-corrected chi connectivity index (χ4v) is 2.81. The number of nitrogens with zero attached hydrogens (tertiary/aromatic N) is 1. The number of piperazine rings is 1. The Morgan fingerprint density at radius 1 is 1.25 bits per heavy atom. The second-order valence-corrected chi connectivity index (χ2v) is 7.07. The summed E-state index contributed by atoms with van der Waals surface area (Å²) >= 11 is 0. The van der Waals surface area contributed by atoms with Crippen molar-refractivity contribution < 1.29 is 9.59 Å². The quantitative estimate of drug-likeness (QED) is 0.788. The van der Waals surface area contributed by atoms with E-state index in [1.54, 1.807) is 4.90 Å². The topological polar surface area (TPSA) is 49.4 Å². The summed E-state index contributed by atoms with van der Waals surface area (Å²) in [5.74, 6) is 0.0282. The summed E-state index contributed by atoms with van der Waals surface area (Å²) in [6, 6.07) is -0.655. The Kier molecular flexibility index (Phi) is 5.60. The van der Waals surface area contributed by atoms with Crippen molar-refractivity contribution >= 4 is 11.8 Å². The molecule has 116 valence electrons. The van der Waals surface area contributed by atoms with Gasteiger partial charge >= 0.3 is 0 Å². The van der Waals surface area contributed by atoms with Gasteiger partial charge in [0, 0.05) is 6.04 Å². The van der Waals surface area contributed by atoms with E-state index in [0.29, 0.717) is 0 Å². The third-order valence-corrected chi connectivity index (χ3v) is 4.15. The summed E-state index contributed by atoms with van der Waals surface area (Å²) in [5.41, 5.74) is -0.256. The van der Waals surface area contributed by atoms with Gasteiger partial charge in [-0.05, 0) is 25.7 Å².